The van der Waals surface area contributed by atoms with E-state index in [9.17, 15) is 14.5 Å². The lowest BCUT2D eigenvalue weighted by molar-refractivity contribution is -0.149. The first kappa shape index (κ1) is 29.7. The summed E-state index contributed by atoms with van der Waals surface area (Å²) in [6.07, 6.45) is 2.23. The average molecular weight is 566 g/mol. The van der Waals surface area contributed by atoms with E-state index in [4.69, 9.17) is 14.0 Å². The molecule has 3 aromatic rings. The molecule has 0 spiro atoms. The topological polar surface area (TPSA) is 94.1 Å². The maximum Gasteiger partial charge on any atom is 0.354 e. The van der Waals surface area contributed by atoms with Crippen LogP contribution < -0.4 is 14.3 Å². The van der Waals surface area contributed by atoms with E-state index in [1.54, 1.807) is 45.0 Å². The fourth-order valence-corrected chi connectivity index (χ4v) is 6.96. The van der Waals surface area contributed by atoms with E-state index in [0.717, 1.165) is 36.0 Å². The monoisotopic (exact) mass is 565 g/mol. The van der Waals surface area contributed by atoms with Crippen LogP contribution in [0, 0.1) is 13.8 Å². The summed E-state index contributed by atoms with van der Waals surface area (Å²) >= 11 is 0. The lowest BCUT2D eigenvalue weighted by atomic mass is 9.91. The normalized spacial score (nSPS) is 16.7. The minimum Gasteiger partial charge on any atom is -0.508 e. The summed E-state index contributed by atoms with van der Waals surface area (Å²) in [5.74, 6) is 1.22. The predicted molar refractivity (Wildman–Crippen MR) is 158 cm³/mol. The number of aryl methyl sites for hydroxylation is 2. The second kappa shape index (κ2) is 12.5. The van der Waals surface area contributed by atoms with Gasteiger partial charge in [0.05, 0.1) is 6.10 Å². The SMILES string of the molecule is Cc1cc(OC[P@](=O)(N[C@@H](C)C(=O)OC(C)C)Oc2ccccc2)cc(C)c1Cc1ccc(O)c2c1CCC2C. The van der Waals surface area contributed by atoms with E-state index in [1.807, 2.05) is 44.2 Å². The second-order valence-electron chi connectivity index (χ2n) is 11.0. The molecule has 0 saturated heterocycles. The van der Waals surface area contributed by atoms with Crippen LogP contribution in [0.5, 0.6) is 17.2 Å². The zero-order valence-corrected chi connectivity index (χ0v) is 25.1. The van der Waals surface area contributed by atoms with Crippen LogP contribution in [0.3, 0.4) is 0 Å². The summed E-state index contributed by atoms with van der Waals surface area (Å²) in [6, 6.07) is 15.7. The molecule has 214 valence electrons. The molecule has 3 atom stereocenters. The highest BCUT2D eigenvalue weighted by Crippen LogP contribution is 2.44. The number of aromatic hydroxyl groups is 1. The smallest absolute Gasteiger partial charge is 0.354 e. The minimum absolute atomic E-state index is 0.275. The molecular weight excluding hydrogens is 525 g/mol. The van der Waals surface area contributed by atoms with Crippen LogP contribution in [0.1, 0.15) is 73.4 Å². The number of benzene rings is 3. The molecule has 0 fully saturated rings. The number of hydrogen-bond acceptors (Lipinski definition) is 6. The van der Waals surface area contributed by atoms with Gasteiger partial charge in [-0.25, -0.2) is 5.09 Å². The molecule has 40 heavy (non-hydrogen) atoms. The first-order valence-corrected chi connectivity index (χ1v) is 15.6. The number of para-hydroxylation sites is 1. The van der Waals surface area contributed by atoms with Gasteiger partial charge in [-0.3, -0.25) is 9.36 Å². The van der Waals surface area contributed by atoms with Gasteiger partial charge in [0.1, 0.15) is 23.3 Å². The van der Waals surface area contributed by atoms with Gasteiger partial charge in [0.2, 0.25) is 0 Å². The summed E-state index contributed by atoms with van der Waals surface area (Å²) in [5.41, 5.74) is 6.91. The van der Waals surface area contributed by atoms with Crippen LogP contribution in [-0.2, 0) is 26.9 Å². The first-order valence-electron chi connectivity index (χ1n) is 13.8. The molecule has 0 radical (unpaired) electrons. The van der Waals surface area contributed by atoms with E-state index in [-0.39, 0.29) is 12.5 Å². The highest BCUT2D eigenvalue weighted by molar-refractivity contribution is 7.57. The van der Waals surface area contributed by atoms with Crippen molar-refractivity contribution in [2.45, 2.75) is 78.9 Å². The lowest BCUT2D eigenvalue weighted by Gasteiger charge is -2.24. The van der Waals surface area contributed by atoms with Gasteiger partial charge >= 0.3 is 13.5 Å². The van der Waals surface area contributed by atoms with E-state index in [2.05, 4.69) is 12.0 Å². The Morgan fingerprint density at radius 2 is 1.73 bits per heavy atom. The Bertz CT molecular complexity index is 1380. The minimum atomic E-state index is -3.67. The Morgan fingerprint density at radius 1 is 1.05 bits per heavy atom. The number of fused-ring (bicyclic) bond motifs is 1. The van der Waals surface area contributed by atoms with Gasteiger partial charge in [-0.05, 0) is 118 Å². The van der Waals surface area contributed by atoms with Gasteiger partial charge in [-0.15, -0.1) is 0 Å². The Hall–Kier alpha value is -3.28. The van der Waals surface area contributed by atoms with E-state index < -0.39 is 19.5 Å². The van der Waals surface area contributed by atoms with Gasteiger partial charge in [0, 0.05) is 5.56 Å². The Balaban J connectivity index is 1.52. The number of rotatable bonds is 11. The largest absolute Gasteiger partial charge is 0.508 e. The third-order valence-corrected chi connectivity index (χ3v) is 9.04. The van der Waals surface area contributed by atoms with Crippen molar-refractivity contribution in [2.24, 2.45) is 0 Å². The van der Waals surface area contributed by atoms with Gasteiger partial charge in [-0.1, -0.05) is 31.2 Å². The summed E-state index contributed by atoms with van der Waals surface area (Å²) in [5, 5.41) is 13.2. The van der Waals surface area contributed by atoms with Crippen molar-refractivity contribution < 1.29 is 28.5 Å². The van der Waals surface area contributed by atoms with Crippen LogP contribution in [0.25, 0.3) is 0 Å². The van der Waals surface area contributed by atoms with E-state index in [0.29, 0.717) is 23.2 Å². The third-order valence-electron chi connectivity index (χ3n) is 7.28. The summed E-state index contributed by atoms with van der Waals surface area (Å²) in [7, 11) is -3.67. The standard InChI is InChI=1S/C32H40NO6P/c1-20(2)38-32(35)24(6)33-40(36,39-26-10-8-7-9-11-26)19-37-27-16-22(4)29(23(5)17-27)18-25-13-15-30(34)31-21(3)12-14-28(25)31/h7-11,13,15-17,20-21,24,34H,12,14,18-19H2,1-6H3,(H,33,36)/t21?,24-,40+/m0/s1. The number of hydrogen-bond donors (Lipinski definition) is 2. The molecule has 0 bridgehead atoms. The molecular formula is C32H40NO6P. The molecule has 0 amide bonds. The van der Waals surface area contributed by atoms with Crippen molar-refractivity contribution in [3.63, 3.8) is 0 Å². The molecule has 7 nitrogen and oxygen atoms in total. The van der Waals surface area contributed by atoms with Gasteiger partial charge in [-0.2, -0.15) is 0 Å². The number of ether oxygens (including phenoxy) is 2. The lowest BCUT2D eigenvalue weighted by Crippen LogP contribution is -2.36. The van der Waals surface area contributed by atoms with E-state index in [1.165, 1.54) is 16.7 Å². The number of carbonyl (C=O) groups excluding carboxylic acids is 1. The molecule has 0 heterocycles. The van der Waals surface area contributed by atoms with Crippen LogP contribution in [0.2, 0.25) is 0 Å². The number of carbonyl (C=O) groups is 1. The van der Waals surface area contributed by atoms with Crippen LogP contribution in [0.15, 0.2) is 54.6 Å². The molecule has 4 rings (SSSR count). The van der Waals surface area contributed by atoms with Crippen molar-refractivity contribution in [3.8, 4) is 17.2 Å². The molecule has 2 N–H and O–H groups in total. The van der Waals surface area contributed by atoms with Gasteiger partial charge in [0.15, 0.2) is 6.35 Å². The molecule has 3 aromatic carbocycles. The fourth-order valence-electron chi connectivity index (χ4n) is 5.30. The quantitative estimate of drug-likeness (QED) is 0.188. The molecule has 8 heteroatoms. The first-order chi connectivity index (χ1) is 19.0. The van der Waals surface area contributed by atoms with Gasteiger partial charge < -0.3 is 19.1 Å². The van der Waals surface area contributed by atoms with Crippen molar-refractivity contribution in [1.29, 1.82) is 0 Å². The third kappa shape index (κ3) is 7.07. The van der Waals surface area contributed by atoms with Gasteiger partial charge in [0.25, 0.3) is 0 Å². The van der Waals surface area contributed by atoms with E-state index >= 15 is 0 Å². The molecule has 1 aliphatic carbocycles. The second-order valence-corrected chi connectivity index (χ2v) is 13.0. The highest BCUT2D eigenvalue weighted by atomic mass is 31.2. The number of phenols is 1. The molecule has 1 aliphatic rings. The van der Waals surface area contributed by atoms with Crippen LogP contribution in [0.4, 0.5) is 0 Å². The summed E-state index contributed by atoms with van der Waals surface area (Å²) in [6.45, 7) is 11.4. The number of phenolic OH excluding ortho intramolecular Hbond substituents is 1. The Morgan fingerprint density at radius 3 is 2.38 bits per heavy atom. The number of esters is 1. The maximum absolute atomic E-state index is 13.9. The summed E-state index contributed by atoms with van der Waals surface area (Å²) in [4.78, 5) is 12.4. The van der Waals surface area contributed by atoms with Crippen molar-refractivity contribution >= 4 is 13.5 Å². The van der Waals surface area contributed by atoms with Crippen molar-refractivity contribution in [2.75, 3.05) is 6.35 Å². The van der Waals surface area contributed by atoms with Crippen molar-refractivity contribution in [1.82, 2.24) is 5.09 Å². The highest BCUT2D eigenvalue weighted by Gasteiger charge is 2.32. The Kier molecular flexibility index (Phi) is 9.27. The molecule has 1 unspecified atom stereocenters. The van der Waals surface area contributed by atoms with Crippen LogP contribution >= 0.6 is 7.52 Å². The molecule has 0 aromatic heterocycles. The summed E-state index contributed by atoms with van der Waals surface area (Å²) < 4.78 is 31.1. The fraction of sp³-hybridized carbons (Fsp3) is 0.406. The van der Waals surface area contributed by atoms with Crippen LogP contribution in [-0.4, -0.2) is 29.6 Å². The predicted octanol–water partition coefficient (Wildman–Crippen LogP) is 7.19. The molecule has 0 saturated carbocycles. The number of nitrogens with one attached hydrogen (secondary N) is 1. The zero-order valence-electron chi connectivity index (χ0n) is 24.2. The zero-order chi connectivity index (χ0) is 29.0. The Labute approximate surface area is 237 Å². The maximum atomic E-state index is 13.9. The van der Waals surface area contributed by atoms with Crippen molar-refractivity contribution in [3.05, 3.63) is 88.0 Å². The average Bonchev–Trinajstić information content (AvgIpc) is 3.29. The molecule has 0 aliphatic heterocycles.